The van der Waals surface area contributed by atoms with Gasteiger partial charge < -0.3 is 15.5 Å². The number of nitrogens with one attached hydrogen (secondary N) is 1. The van der Waals surface area contributed by atoms with E-state index in [4.69, 9.17) is 10.2 Å². The Kier molecular flexibility index (Phi) is 5.03. The first-order valence-corrected chi connectivity index (χ1v) is 3.76. The summed E-state index contributed by atoms with van der Waals surface area (Å²) in [5.74, 6) is -1.97. The molecule has 0 spiro atoms. The number of likely N-dealkylation sites (N-methyl/N-ethyl adjacent to an activating group) is 1. The zero-order chi connectivity index (χ0) is 9.56. The zero-order valence-electron chi connectivity index (χ0n) is 6.91. The maximum atomic E-state index is 10.4. The van der Waals surface area contributed by atoms with Crippen LogP contribution in [0.25, 0.3) is 0 Å². The summed E-state index contributed by atoms with van der Waals surface area (Å²) < 4.78 is 0. The number of aliphatic carboxylic acids is 2. The molecule has 0 bridgehead atoms. The van der Waals surface area contributed by atoms with Crippen molar-refractivity contribution in [2.75, 3.05) is 6.54 Å². The summed E-state index contributed by atoms with van der Waals surface area (Å²) in [4.78, 5) is 20.6. The van der Waals surface area contributed by atoms with E-state index in [1.54, 1.807) is 6.92 Å². The second kappa shape index (κ2) is 5.54. The van der Waals surface area contributed by atoms with Crippen LogP contribution in [0.3, 0.4) is 0 Å². The topological polar surface area (TPSA) is 86.6 Å². The van der Waals surface area contributed by atoms with Gasteiger partial charge in [0.25, 0.3) is 0 Å². The normalized spacial score (nSPS) is 12.4. The molecule has 0 radical (unpaired) electrons. The predicted molar refractivity (Wildman–Crippen MR) is 42.0 cm³/mol. The average Bonchev–Trinajstić information content (AvgIpc) is 1.96. The first-order chi connectivity index (χ1) is 5.57. The maximum absolute atomic E-state index is 10.4. The van der Waals surface area contributed by atoms with Crippen LogP contribution in [0.15, 0.2) is 0 Å². The van der Waals surface area contributed by atoms with Crippen molar-refractivity contribution in [2.24, 2.45) is 0 Å². The van der Waals surface area contributed by atoms with E-state index in [0.29, 0.717) is 6.54 Å². The summed E-state index contributed by atoms with van der Waals surface area (Å²) in [6.45, 7) is 2.30. The maximum Gasteiger partial charge on any atom is 0.320 e. The van der Waals surface area contributed by atoms with Crippen molar-refractivity contribution in [2.45, 2.75) is 25.8 Å². The van der Waals surface area contributed by atoms with Crippen LogP contribution in [0.4, 0.5) is 0 Å². The second-order valence-electron chi connectivity index (χ2n) is 2.38. The first kappa shape index (κ1) is 10.9. The molecule has 0 unspecified atom stereocenters. The van der Waals surface area contributed by atoms with E-state index in [-0.39, 0.29) is 12.8 Å². The van der Waals surface area contributed by atoms with E-state index in [0.717, 1.165) is 0 Å². The molecule has 0 heterocycles. The molecule has 12 heavy (non-hydrogen) atoms. The third-order valence-corrected chi connectivity index (χ3v) is 1.40. The smallest absolute Gasteiger partial charge is 0.320 e. The Balaban J connectivity index is 3.79. The van der Waals surface area contributed by atoms with Crippen LogP contribution in [0, 0.1) is 0 Å². The van der Waals surface area contributed by atoms with Gasteiger partial charge in [0.1, 0.15) is 6.04 Å². The van der Waals surface area contributed by atoms with Crippen molar-refractivity contribution in [1.29, 1.82) is 0 Å². The molecule has 3 N–H and O–H groups in total. The van der Waals surface area contributed by atoms with E-state index in [9.17, 15) is 9.59 Å². The third-order valence-electron chi connectivity index (χ3n) is 1.40. The summed E-state index contributed by atoms with van der Waals surface area (Å²) in [5.41, 5.74) is 0. The molecule has 0 amide bonds. The molecule has 5 heteroatoms. The van der Waals surface area contributed by atoms with Gasteiger partial charge in [0.2, 0.25) is 0 Å². The fourth-order valence-corrected chi connectivity index (χ4v) is 0.827. The Morgan fingerprint density at radius 3 is 2.33 bits per heavy atom. The number of hydrogen-bond donors (Lipinski definition) is 3. The predicted octanol–water partition coefficient (Wildman–Crippen LogP) is -0.0861. The van der Waals surface area contributed by atoms with Gasteiger partial charge in [-0.2, -0.15) is 0 Å². The Labute approximate surface area is 70.4 Å². The minimum absolute atomic E-state index is 0.121. The molecule has 1 atom stereocenters. The second-order valence-corrected chi connectivity index (χ2v) is 2.38. The molecule has 0 fully saturated rings. The minimum Gasteiger partial charge on any atom is -0.481 e. The van der Waals surface area contributed by atoms with Crippen molar-refractivity contribution >= 4 is 11.9 Å². The van der Waals surface area contributed by atoms with Gasteiger partial charge in [-0.3, -0.25) is 9.59 Å². The van der Waals surface area contributed by atoms with Crippen LogP contribution in [0.1, 0.15) is 19.8 Å². The van der Waals surface area contributed by atoms with Gasteiger partial charge in [-0.15, -0.1) is 0 Å². The lowest BCUT2D eigenvalue weighted by molar-refractivity contribution is -0.140. The molecule has 0 saturated heterocycles. The minimum atomic E-state index is -1.00. The molecular weight excluding hydrogens is 162 g/mol. The quantitative estimate of drug-likeness (QED) is 0.525. The average molecular weight is 175 g/mol. The lowest BCUT2D eigenvalue weighted by Crippen LogP contribution is -2.36. The summed E-state index contributed by atoms with van der Waals surface area (Å²) >= 11 is 0. The van der Waals surface area contributed by atoms with Crippen LogP contribution in [0.5, 0.6) is 0 Å². The fourth-order valence-electron chi connectivity index (χ4n) is 0.827. The number of carboxylic acid groups (broad SMARTS) is 2. The van der Waals surface area contributed by atoms with Crippen molar-refractivity contribution < 1.29 is 19.8 Å². The number of carbonyl (C=O) groups is 2. The number of rotatable bonds is 6. The molecule has 0 rings (SSSR count). The van der Waals surface area contributed by atoms with Crippen LogP contribution < -0.4 is 5.32 Å². The molecule has 0 aliphatic rings. The highest BCUT2D eigenvalue weighted by Gasteiger charge is 2.16. The van der Waals surface area contributed by atoms with Crippen molar-refractivity contribution in [1.82, 2.24) is 5.32 Å². The highest BCUT2D eigenvalue weighted by Crippen LogP contribution is 1.97. The molecule has 0 aliphatic carbocycles. The summed E-state index contributed by atoms with van der Waals surface area (Å²) in [7, 11) is 0. The van der Waals surface area contributed by atoms with E-state index in [1.165, 1.54) is 0 Å². The SMILES string of the molecule is CCN[C@H](CCC(=O)O)C(=O)O. The van der Waals surface area contributed by atoms with Gasteiger partial charge in [0.05, 0.1) is 0 Å². The number of hydrogen-bond acceptors (Lipinski definition) is 3. The Bertz CT molecular complexity index is 169. The van der Waals surface area contributed by atoms with Gasteiger partial charge in [-0.05, 0) is 13.0 Å². The summed E-state index contributed by atoms with van der Waals surface area (Å²) in [5, 5.41) is 19.5. The lowest BCUT2D eigenvalue weighted by atomic mass is 10.1. The van der Waals surface area contributed by atoms with Crippen molar-refractivity contribution in [3.05, 3.63) is 0 Å². The molecule has 5 nitrogen and oxygen atoms in total. The van der Waals surface area contributed by atoms with Crippen LogP contribution in [-0.2, 0) is 9.59 Å². The van der Waals surface area contributed by atoms with Gasteiger partial charge in [-0.1, -0.05) is 6.92 Å². The standard InChI is InChI=1S/C7H13NO4/c1-2-8-5(7(11)12)3-4-6(9)10/h5,8H,2-4H2,1H3,(H,9,10)(H,11,12)/t5-/m1/s1. The largest absolute Gasteiger partial charge is 0.481 e. The summed E-state index contributed by atoms with van der Waals surface area (Å²) in [6, 6.07) is -0.744. The van der Waals surface area contributed by atoms with Gasteiger partial charge in [0, 0.05) is 6.42 Å². The molecule has 70 valence electrons. The lowest BCUT2D eigenvalue weighted by Gasteiger charge is -2.10. The third kappa shape index (κ3) is 4.68. The molecular formula is C7H13NO4. The van der Waals surface area contributed by atoms with Gasteiger partial charge in [0.15, 0.2) is 0 Å². The van der Waals surface area contributed by atoms with Crippen molar-refractivity contribution in [3.8, 4) is 0 Å². The Morgan fingerprint density at radius 1 is 1.42 bits per heavy atom. The van der Waals surface area contributed by atoms with E-state index in [2.05, 4.69) is 5.32 Å². The highest BCUT2D eigenvalue weighted by atomic mass is 16.4. The van der Waals surface area contributed by atoms with Gasteiger partial charge in [-0.25, -0.2) is 0 Å². The molecule has 0 aromatic rings. The van der Waals surface area contributed by atoms with Gasteiger partial charge >= 0.3 is 11.9 Å². The number of carboxylic acids is 2. The molecule has 0 aromatic heterocycles. The first-order valence-electron chi connectivity index (χ1n) is 3.76. The Morgan fingerprint density at radius 2 is 2.00 bits per heavy atom. The van der Waals surface area contributed by atoms with Crippen LogP contribution in [-0.4, -0.2) is 34.7 Å². The van der Waals surface area contributed by atoms with E-state index in [1.807, 2.05) is 0 Å². The van der Waals surface area contributed by atoms with E-state index >= 15 is 0 Å². The fraction of sp³-hybridized carbons (Fsp3) is 0.714. The zero-order valence-corrected chi connectivity index (χ0v) is 6.91. The highest BCUT2D eigenvalue weighted by molar-refractivity contribution is 5.75. The van der Waals surface area contributed by atoms with E-state index < -0.39 is 18.0 Å². The molecule has 0 aromatic carbocycles. The monoisotopic (exact) mass is 175 g/mol. The van der Waals surface area contributed by atoms with Crippen LogP contribution >= 0.6 is 0 Å². The summed E-state index contributed by atoms with van der Waals surface area (Å²) in [6.07, 6.45) is 0.00245. The van der Waals surface area contributed by atoms with Crippen molar-refractivity contribution in [3.63, 3.8) is 0 Å². The molecule has 0 aliphatic heterocycles. The molecule has 0 saturated carbocycles. The van der Waals surface area contributed by atoms with Crippen LogP contribution in [0.2, 0.25) is 0 Å². The Hall–Kier alpha value is -1.10.